The normalized spacial score (nSPS) is 10.7. The summed E-state index contributed by atoms with van der Waals surface area (Å²) in [6, 6.07) is 16.2. The van der Waals surface area contributed by atoms with Crippen molar-refractivity contribution >= 4 is 22.7 Å². The van der Waals surface area contributed by atoms with Crippen molar-refractivity contribution < 1.29 is 4.74 Å². The molecular formula is C17H16N2OS. The molecule has 3 rings (SSSR count). The number of aromatic nitrogens is 2. The number of benzene rings is 2. The predicted molar refractivity (Wildman–Crippen MR) is 86.9 cm³/mol. The van der Waals surface area contributed by atoms with Crippen LogP contribution in [0.2, 0.25) is 0 Å². The van der Waals surface area contributed by atoms with Crippen molar-refractivity contribution in [2.24, 2.45) is 0 Å². The number of para-hydroxylation sites is 1. The molecular weight excluding hydrogens is 280 g/mol. The van der Waals surface area contributed by atoms with Gasteiger partial charge >= 0.3 is 0 Å². The lowest BCUT2D eigenvalue weighted by molar-refractivity contribution is 0.344. The molecule has 0 atom stereocenters. The maximum atomic E-state index is 5.73. The molecule has 0 saturated heterocycles. The second-order valence-corrected chi connectivity index (χ2v) is 5.79. The Labute approximate surface area is 128 Å². The van der Waals surface area contributed by atoms with Crippen LogP contribution >= 0.6 is 11.8 Å². The van der Waals surface area contributed by atoms with E-state index in [0.717, 1.165) is 27.4 Å². The van der Waals surface area contributed by atoms with Crippen molar-refractivity contribution in [2.75, 3.05) is 12.4 Å². The Morgan fingerprint density at radius 1 is 1.00 bits per heavy atom. The van der Waals surface area contributed by atoms with E-state index in [-0.39, 0.29) is 0 Å². The summed E-state index contributed by atoms with van der Waals surface area (Å²) in [5.41, 5.74) is 2.22. The van der Waals surface area contributed by atoms with Crippen LogP contribution in [0.1, 0.15) is 5.56 Å². The first-order chi connectivity index (χ1) is 10.3. The summed E-state index contributed by atoms with van der Waals surface area (Å²) >= 11 is 1.70. The van der Waals surface area contributed by atoms with Crippen molar-refractivity contribution in [3.8, 4) is 5.75 Å². The minimum atomic E-state index is 0.659. The third kappa shape index (κ3) is 3.52. The molecule has 0 saturated carbocycles. The smallest absolute Gasteiger partial charge is 0.119 e. The van der Waals surface area contributed by atoms with Crippen molar-refractivity contribution in [3.63, 3.8) is 0 Å². The number of fused-ring (bicyclic) bond motifs is 1. The maximum absolute atomic E-state index is 5.73. The van der Waals surface area contributed by atoms with Crippen LogP contribution in [0.4, 0.5) is 0 Å². The van der Waals surface area contributed by atoms with E-state index in [9.17, 15) is 0 Å². The Bertz CT molecular complexity index is 723. The number of ether oxygens (including phenoxy) is 1. The molecule has 0 spiro atoms. The van der Waals surface area contributed by atoms with E-state index < -0.39 is 0 Å². The summed E-state index contributed by atoms with van der Waals surface area (Å²) in [4.78, 5) is 8.63. The summed E-state index contributed by atoms with van der Waals surface area (Å²) in [5.74, 6) is 1.77. The first-order valence-corrected chi connectivity index (χ1v) is 7.83. The number of thioether (sulfide) groups is 1. The molecule has 4 heteroatoms. The molecule has 21 heavy (non-hydrogen) atoms. The zero-order chi connectivity index (χ0) is 14.5. The first kappa shape index (κ1) is 13.9. The van der Waals surface area contributed by atoms with Crippen LogP contribution in [0, 0.1) is 6.92 Å². The minimum Gasteiger partial charge on any atom is -0.493 e. The minimum absolute atomic E-state index is 0.659. The van der Waals surface area contributed by atoms with Gasteiger partial charge in [0.05, 0.1) is 12.1 Å². The van der Waals surface area contributed by atoms with Gasteiger partial charge in [0, 0.05) is 11.1 Å². The highest BCUT2D eigenvalue weighted by atomic mass is 32.2. The van der Waals surface area contributed by atoms with Crippen LogP contribution in [-0.2, 0) is 0 Å². The molecule has 0 aliphatic heterocycles. The van der Waals surface area contributed by atoms with Crippen molar-refractivity contribution in [2.45, 2.75) is 11.9 Å². The summed E-state index contributed by atoms with van der Waals surface area (Å²) in [6.07, 6.45) is 1.62. The molecule has 3 aromatic rings. The topological polar surface area (TPSA) is 35.0 Å². The van der Waals surface area contributed by atoms with Gasteiger partial charge in [0.1, 0.15) is 17.1 Å². The fraction of sp³-hybridized carbons (Fsp3) is 0.176. The van der Waals surface area contributed by atoms with E-state index in [1.807, 2.05) is 30.3 Å². The average molecular weight is 296 g/mol. The van der Waals surface area contributed by atoms with E-state index >= 15 is 0 Å². The number of rotatable bonds is 5. The van der Waals surface area contributed by atoms with Crippen LogP contribution in [0.15, 0.2) is 59.9 Å². The Kier molecular flexibility index (Phi) is 4.36. The Hall–Kier alpha value is -2.07. The standard InChI is InChI=1S/C17H16N2OS/c1-13-6-8-14(9-7-13)20-10-11-21-17-15-4-2-3-5-16(15)18-12-19-17/h2-9,12H,10-11H2,1H3. The molecule has 0 N–H and O–H groups in total. The molecule has 0 bridgehead atoms. The van der Waals surface area contributed by atoms with Crippen molar-refractivity contribution in [1.82, 2.24) is 9.97 Å². The lowest BCUT2D eigenvalue weighted by atomic mass is 10.2. The summed E-state index contributed by atoms with van der Waals surface area (Å²) < 4.78 is 5.73. The summed E-state index contributed by atoms with van der Waals surface area (Å²) in [7, 11) is 0. The number of hydrogen-bond donors (Lipinski definition) is 0. The zero-order valence-electron chi connectivity index (χ0n) is 11.8. The molecule has 0 aliphatic carbocycles. The van der Waals surface area contributed by atoms with E-state index in [0.29, 0.717) is 6.61 Å². The van der Waals surface area contributed by atoms with Crippen LogP contribution in [0.25, 0.3) is 10.9 Å². The molecule has 1 aromatic heterocycles. The van der Waals surface area contributed by atoms with Gasteiger partial charge in [-0.15, -0.1) is 11.8 Å². The van der Waals surface area contributed by atoms with Crippen LogP contribution < -0.4 is 4.74 Å². The van der Waals surface area contributed by atoms with Gasteiger partial charge in [-0.05, 0) is 25.1 Å². The first-order valence-electron chi connectivity index (χ1n) is 6.85. The van der Waals surface area contributed by atoms with Gasteiger partial charge in [-0.25, -0.2) is 9.97 Å². The molecule has 106 valence electrons. The average Bonchev–Trinajstić information content (AvgIpc) is 2.53. The van der Waals surface area contributed by atoms with Gasteiger partial charge in [0.2, 0.25) is 0 Å². The SMILES string of the molecule is Cc1ccc(OCCSc2ncnc3ccccc23)cc1. The van der Waals surface area contributed by atoms with Crippen LogP contribution in [0.5, 0.6) is 5.75 Å². The number of nitrogens with zero attached hydrogens (tertiary/aromatic N) is 2. The van der Waals surface area contributed by atoms with E-state index in [1.54, 1.807) is 18.1 Å². The molecule has 0 amide bonds. The highest BCUT2D eigenvalue weighted by molar-refractivity contribution is 7.99. The number of hydrogen-bond acceptors (Lipinski definition) is 4. The largest absolute Gasteiger partial charge is 0.493 e. The van der Waals surface area contributed by atoms with E-state index in [4.69, 9.17) is 4.74 Å². The summed E-state index contributed by atoms with van der Waals surface area (Å²) in [5, 5.41) is 2.11. The fourth-order valence-electron chi connectivity index (χ4n) is 2.03. The monoisotopic (exact) mass is 296 g/mol. The Morgan fingerprint density at radius 2 is 1.81 bits per heavy atom. The Balaban J connectivity index is 1.58. The van der Waals surface area contributed by atoms with Crippen LogP contribution in [-0.4, -0.2) is 22.3 Å². The lowest BCUT2D eigenvalue weighted by Crippen LogP contribution is -2.00. The predicted octanol–water partition coefficient (Wildman–Crippen LogP) is 4.11. The van der Waals surface area contributed by atoms with Crippen molar-refractivity contribution in [3.05, 3.63) is 60.4 Å². The van der Waals surface area contributed by atoms with Gasteiger partial charge in [0.15, 0.2) is 0 Å². The lowest BCUT2D eigenvalue weighted by Gasteiger charge is -2.07. The molecule has 2 aromatic carbocycles. The molecule has 1 heterocycles. The third-order valence-corrected chi connectivity index (χ3v) is 4.09. The quantitative estimate of drug-likeness (QED) is 0.403. The second-order valence-electron chi connectivity index (χ2n) is 4.71. The van der Waals surface area contributed by atoms with Gasteiger partial charge < -0.3 is 4.74 Å². The van der Waals surface area contributed by atoms with E-state index in [1.165, 1.54) is 5.56 Å². The van der Waals surface area contributed by atoms with Gasteiger partial charge in [-0.1, -0.05) is 35.9 Å². The highest BCUT2D eigenvalue weighted by Crippen LogP contribution is 2.24. The molecule has 0 unspecified atom stereocenters. The zero-order valence-corrected chi connectivity index (χ0v) is 12.6. The second kappa shape index (κ2) is 6.59. The Morgan fingerprint density at radius 3 is 2.67 bits per heavy atom. The summed E-state index contributed by atoms with van der Waals surface area (Å²) in [6.45, 7) is 2.73. The fourth-order valence-corrected chi connectivity index (χ4v) is 2.84. The van der Waals surface area contributed by atoms with Crippen molar-refractivity contribution in [1.29, 1.82) is 0 Å². The van der Waals surface area contributed by atoms with E-state index in [2.05, 4.69) is 35.1 Å². The molecule has 3 nitrogen and oxygen atoms in total. The molecule has 0 radical (unpaired) electrons. The number of aryl methyl sites for hydroxylation is 1. The maximum Gasteiger partial charge on any atom is 0.119 e. The third-order valence-electron chi connectivity index (χ3n) is 3.12. The van der Waals surface area contributed by atoms with Gasteiger partial charge in [-0.2, -0.15) is 0 Å². The van der Waals surface area contributed by atoms with Crippen LogP contribution in [0.3, 0.4) is 0 Å². The molecule has 0 aliphatic rings. The van der Waals surface area contributed by atoms with Gasteiger partial charge in [0.25, 0.3) is 0 Å². The van der Waals surface area contributed by atoms with Gasteiger partial charge in [-0.3, -0.25) is 0 Å². The highest BCUT2D eigenvalue weighted by Gasteiger charge is 2.03. The molecule has 0 fully saturated rings.